The van der Waals surface area contributed by atoms with E-state index in [-0.39, 0.29) is 11.0 Å². The fraction of sp³-hybridized carbons (Fsp3) is 0.318. The standard InChI is InChI=1S/C22H23N3O4S/c26-30(27,20-10-9-16-5-1-2-6-17(16)11-20)24-18-12-23-25(13-18)14-19-15-28-21-7-3-4-8-22(21)29-19/h3-4,7-13,19,24H,1-2,5-6,14-15H2. The van der Waals surface area contributed by atoms with E-state index in [0.29, 0.717) is 24.6 Å². The Morgan fingerprint density at radius 3 is 2.73 bits per heavy atom. The zero-order valence-electron chi connectivity index (χ0n) is 16.5. The Balaban J connectivity index is 1.27. The predicted molar refractivity (Wildman–Crippen MR) is 112 cm³/mol. The molecule has 8 heteroatoms. The third kappa shape index (κ3) is 3.87. The van der Waals surface area contributed by atoms with Gasteiger partial charge >= 0.3 is 0 Å². The highest BCUT2D eigenvalue weighted by molar-refractivity contribution is 7.92. The number of nitrogens with zero attached hydrogens (tertiary/aromatic N) is 2. The second-order valence-corrected chi connectivity index (χ2v) is 9.37. The summed E-state index contributed by atoms with van der Waals surface area (Å²) in [5, 5.41) is 4.27. The summed E-state index contributed by atoms with van der Waals surface area (Å²) in [6, 6.07) is 12.9. The van der Waals surface area contributed by atoms with Crippen molar-refractivity contribution in [3.05, 3.63) is 66.0 Å². The van der Waals surface area contributed by atoms with E-state index >= 15 is 0 Å². The molecule has 1 N–H and O–H groups in total. The van der Waals surface area contributed by atoms with Crippen molar-refractivity contribution in [1.29, 1.82) is 0 Å². The van der Waals surface area contributed by atoms with E-state index in [1.54, 1.807) is 23.0 Å². The number of ether oxygens (including phenoxy) is 2. The number of hydrogen-bond acceptors (Lipinski definition) is 5. The van der Waals surface area contributed by atoms with Gasteiger partial charge in [-0.2, -0.15) is 5.10 Å². The fourth-order valence-electron chi connectivity index (χ4n) is 3.97. The highest BCUT2D eigenvalue weighted by Crippen LogP contribution is 2.31. The van der Waals surface area contributed by atoms with E-state index < -0.39 is 10.0 Å². The molecule has 0 fully saturated rings. The first-order chi connectivity index (χ1) is 14.6. The lowest BCUT2D eigenvalue weighted by atomic mass is 9.92. The molecule has 0 saturated carbocycles. The van der Waals surface area contributed by atoms with Gasteiger partial charge in [-0.1, -0.05) is 18.2 Å². The summed E-state index contributed by atoms with van der Waals surface area (Å²) in [6.07, 6.45) is 7.19. The van der Waals surface area contributed by atoms with Crippen molar-refractivity contribution in [2.24, 2.45) is 0 Å². The van der Waals surface area contributed by atoms with Gasteiger partial charge in [-0.05, 0) is 61.1 Å². The molecular weight excluding hydrogens is 402 g/mol. The van der Waals surface area contributed by atoms with Crippen molar-refractivity contribution in [3.63, 3.8) is 0 Å². The molecular formula is C22H23N3O4S. The van der Waals surface area contributed by atoms with Crippen molar-refractivity contribution < 1.29 is 17.9 Å². The SMILES string of the molecule is O=S(=O)(Nc1cnn(CC2COc3ccccc3O2)c1)c1ccc2c(c1)CCCC2. The number of benzene rings is 2. The maximum absolute atomic E-state index is 12.8. The van der Waals surface area contributed by atoms with Gasteiger partial charge in [0.25, 0.3) is 10.0 Å². The average molecular weight is 426 g/mol. The van der Waals surface area contributed by atoms with E-state index in [1.807, 2.05) is 30.3 Å². The molecule has 0 amide bonds. The van der Waals surface area contributed by atoms with E-state index in [1.165, 1.54) is 11.8 Å². The van der Waals surface area contributed by atoms with Crippen molar-refractivity contribution >= 4 is 15.7 Å². The minimum absolute atomic E-state index is 0.204. The molecule has 30 heavy (non-hydrogen) atoms. The Bertz CT molecular complexity index is 1170. The monoisotopic (exact) mass is 425 g/mol. The van der Waals surface area contributed by atoms with Gasteiger partial charge in [0.2, 0.25) is 0 Å². The number of fused-ring (bicyclic) bond motifs is 2. The van der Waals surface area contributed by atoms with Crippen LogP contribution in [0, 0.1) is 0 Å². The third-order valence-corrected chi connectivity index (χ3v) is 6.85. The smallest absolute Gasteiger partial charge is 0.262 e. The number of hydrogen-bond donors (Lipinski definition) is 1. The van der Waals surface area contributed by atoms with Gasteiger partial charge in [-0.25, -0.2) is 8.42 Å². The molecule has 7 nitrogen and oxygen atoms in total. The Morgan fingerprint density at radius 2 is 1.87 bits per heavy atom. The largest absolute Gasteiger partial charge is 0.486 e. The van der Waals surface area contributed by atoms with Crippen LogP contribution in [0.4, 0.5) is 5.69 Å². The first-order valence-corrected chi connectivity index (χ1v) is 11.6. The van der Waals surface area contributed by atoms with Crippen LogP contribution in [0.15, 0.2) is 59.8 Å². The Hall–Kier alpha value is -3.00. The molecule has 1 aliphatic carbocycles. The Morgan fingerprint density at radius 1 is 1.07 bits per heavy atom. The van der Waals surface area contributed by atoms with Crippen LogP contribution < -0.4 is 14.2 Å². The van der Waals surface area contributed by atoms with Crippen LogP contribution in [0.25, 0.3) is 0 Å². The number of rotatable bonds is 5. The zero-order valence-corrected chi connectivity index (χ0v) is 17.3. The van der Waals surface area contributed by atoms with Crippen molar-refractivity contribution in [3.8, 4) is 11.5 Å². The van der Waals surface area contributed by atoms with Crippen LogP contribution >= 0.6 is 0 Å². The normalized spacial score (nSPS) is 17.9. The number of nitrogens with one attached hydrogen (secondary N) is 1. The van der Waals surface area contributed by atoms with E-state index in [0.717, 1.165) is 37.0 Å². The molecule has 1 aromatic heterocycles. The summed E-state index contributed by atoms with van der Waals surface area (Å²) >= 11 is 0. The number of para-hydroxylation sites is 2. The first kappa shape index (κ1) is 19.0. The average Bonchev–Trinajstić information content (AvgIpc) is 3.19. The molecule has 2 aliphatic rings. The second-order valence-electron chi connectivity index (χ2n) is 7.69. The highest BCUT2D eigenvalue weighted by atomic mass is 32.2. The van der Waals surface area contributed by atoms with E-state index in [9.17, 15) is 8.42 Å². The molecule has 0 spiro atoms. The lowest BCUT2D eigenvalue weighted by molar-refractivity contribution is 0.0759. The summed E-state index contributed by atoms with van der Waals surface area (Å²) in [5.41, 5.74) is 2.81. The van der Waals surface area contributed by atoms with Gasteiger partial charge < -0.3 is 9.47 Å². The lowest BCUT2D eigenvalue weighted by Gasteiger charge is -2.26. The summed E-state index contributed by atoms with van der Waals surface area (Å²) in [7, 11) is -3.67. The number of aryl methyl sites for hydroxylation is 2. The molecule has 0 bridgehead atoms. The summed E-state index contributed by atoms with van der Waals surface area (Å²) in [4.78, 5) is 0.288. The van der Waals surface area contributed by atoms with E-state index in [2.05, 4.69) is 9.82 Å². The molecule has 0 saturated heterocycles. The molecule has 2 heterocycles. The number of sulfonamides is 1. The van der Waals surface area contributed by atoms with Crippen molar-refractivity contribution in [2.75, 3.05) is 11.3 Å². The quantitative estimate of drug-likeness (QED) is 0.678. The van der Waals surface area contributed by atoms with Gasteiger partial charge in [-0.3, -0.25) is 9.40 Å². The second kappa shape index (κ2) is 7.68. The minimum atomic E-state index is -3.67. The molecule has 1 atom stereocenters. The van der Waals surface area contributed by atoms with Crippen LogP contribution in [0.2, 0.25) is 0 Å². The zero-order chi connectivity index (χ0) is 20.6. The van der Waals surface area contributed by atoms with Crippen molar-refractivity contribution in [2.45, 2.75) is 43.2 Å². The molecule has 1 unspecified atom stereocenters. The molecule has 156 valence electrons. The van der Waals surface area contributed by atoms with Crippen LogP contribution in [0.1, 0.15) is 24.0 Å². The molecule has 5 rings (SSSR count). The van der Waals surface area contributed by atoms with Crippen LogP contribution in [0.3, 0.4) is 0 Å². The van der Waals surface area contributed by atoms with Gasteiger partial charge in [-0.15, -0.1) is 0 Å². The topological polar surface area (TPSA) is 82.5 Å². The first-order valence-electron chi connectivity index (χ1n) is 10.1. The Labute approximate surface area is 175 Å². The summed E-state index contributed by atoms with van der Waals surface area (Å²) in [6.45, 7) is 0.863. The molecule has 3 aromatic rings. The van der Waals surface area contributed by atoms with E-state index in [4.69, 9.17) is 9.47 Å². The predicted octanol–water partition coefficient (Wildman–Crippen LogP) is 3.40. The van der Waals surface area contributed by atoms with Crippen LogP contribution in [-0.2, 0) is 29.4 Å². The third-order valence-electron chi connectivity index (χ3n) is 5.47. The highest BCUT2D eigenvalue weighted by Gasteiger charge is 2.22. The number of aromatic nitrogens is 2. The van der Waals surface area contributed by atoms with Gasteiger partial charge in [0.1, 0.15) is 6.61 Å². The maximum atomic E-state index is 12.8. The van der Waals surface area contributed by atoms with Gasteiger partial charge in [0.05, 0.1) is 23.3 Å². The van der Waals surface area contributed by atoms with Gasteiger partial charge in [0, 0.05) is 6.20 Å². The summed E-state index contributed by atoms with van der Waals surface area (Å²) in [5.74, 6) is 1.43. The van der Waals surface area contributed by atoms with Gasteiger partial charge in [0.15, 0.2) is 17.6 Å². The summed E-state index contributed by atoms with van der Waals surface area (Å²) < 4.78 is 41.6. The Kier molecular flexibility index (Phi) is 4.86. The van der Waals surface area contributed by atoms with Crippen LogP contribution in [0.5, 0.6) is 11.5 Å². The van der Waals surface area contributed by atoms with Crippen molar-refractivity contribution in [1.82, 2.24) is 9.78 Å². The molecule has 0 radical (unpaired) electrons. The minimum Gasteiger partial charge on any atom is -0.486 e. The molecule has 1 aliphatic heterocycles. The maximum Gasteiger partial charge on any atom is 0.262 e. The molecule has 2 aromatic carbocycles. The lowest BCUT2D eigenvalue weighted by Crippen LogP contribution is -2.33. The number of anilines is 1. The fourth-order valence-corrected chi connectivity index (χ4v) is 5.05. The van der Waals surface area contributed by atoms with Crippen LogP contribution in [-0.4, -0.2) is 30.9 Å².